The molecule has 1 amide bonds. The molecule has 0 aliphatic carbocycles. The van der Waals surface area contributed by atoms with Gasteiger partial charge in [0.1, 0.15) is 0 Å². The molecule has 0 saturated carbocycles. The minimum absolute atomic E-state index is 0.0330. The summed E-state index contributed by atoms with van der Waals surface area (Å²) in [6.45, 7) is 0.0330. The van der Waals surface area contributed by atoms with Crippen LogP contribution in [-0.2, 0) is 4.79 Å². The van der Waals surface area contributed by atoms with Gasteiger partial charge >= 0.3 is 5.97 Å². The van der Waals surface area contributed by atoms with Crippen molar-refractivity contribution in [3.8, 4) is 0 Å². The number of hydrogen-bond donors (Lipinski definition) is 3. The lowest BCUT2D eigenvalue weighted by Crippen LogP contribution is -2.30. The van der Waals surface area contributed by atoms with Crippen LogP contribution in [-0.4, -0.2) is 34.7 Å². The zero-order chi connectivity index (χ0) is 13.7. The quantitative estimate of drug-likeness (QED) is 0.768. The summed E-state index contributed by atoms with van der Waals surface area (Å²) < 4.78 is 0. The second-order valence-electron chi connectivity index (χ2n) is 3.52. The van der Waals surface area contributed by atoms with E-state index in [9.17, 15) is 9.59 Å². The monoisotopic (exact) mass is 291 g/mol. The number of carbonyl (C=O) groups excluding carboxylic acids is 1. The zero-order valence-corrected chi connectivity index (χ0v) is 10.7. The third-order valence-electron chi connectivity index (χ3n) is 2.16. The van der Waals surface area contributed by atoms with Gasteiger partial charge < -0.3 is 15.5 Å². The van der Waals surface area contributed by atoms with Gasteiger partial charge in [-0.3, -0.25) is 4.79 Å². The lowest BCUT2D eigenvalue weighted by molar-refractivity contribution is -0.146. The number of aliphatic carboxylic acids is 1. The van der Waals surface area contributed by atoms with Crippen LogP contribution in [0.4, 0.5) is 0 Å². The first-order valence-corrected chi connectivity index (χ1v) is 5.81. The SMILES string of the molecule is O=C(NCC[C@H](O)C(=O)O)c1ccc(Cl)cc1Cl. The van der Waals surface area contributed by atoms with Crippen molar-refractivity contribution in [1.29, 1.82) is 0 Å². The first-order valence-electron chi connectivity index (χ1n) is 5.06. The minimum atomic E-state index is -1.49. The van der Waals surface area contributed by atoms with Gasteiger partial charge in [0.2, 0.25) is 0 Å². The van der Waals surface area contributed by atoms with E-state index in [1.54, 1.807) is 0 Å². The van der Waals surface area contributed by atoms with Crippen LogP contribution in [0.3, 0.4) is 0 Å². The molecule has 1 rings (SSSR count). The Hall–Kier alpha value is -1.30. The molecule has 0 radical (unpaired) electrons. The molecule has 5 nitrogen and oxygen atoms in total. The number of rotatable bonds is 5. The Kier molecular flexibility index (Phi) is 5.40. The van der Waals surface area contributed by atoms with E-state index in [0.29, 0.717) is 5.02 Å². The van der Waals surface area contributed by atoms with Crippen LogP contribution in [0.1, 0.15) is 16.8 Å². The fourth-order valence-electron chi connectivity index (χ4n) is 1.21. The maximum atomic E-state index is 11.7. The summed E-state index contributed by atoms with van der Waals surface area (Å²) in [5.41, 5.74) is 0.242. The Morgan fingerprint density at radius 1 is 1.33 bits per heavy atom. The van der Waals surface area contributed by atoms with E-state index in [2.05, 4.69) is 5.32 Å². The smallest absolute Gasteiger partial charge is 0.332 e. The number of hydrogen-bond acceptors (Lipinski definition) is 3. The van der Waals surface area contributed by atoms with Gasteiger partial charge in [0.15, 0.2) is 6.10 Å². The second-order valence-corrected chi connectivity index (χ2v) is 4.37. The van der Waals surface area contributed by atoms with Gasteiger partial charge in [0.25, 0.3) is 5.91 Å². The molecule has 0 saturated heterocycles. The standard InChI is InChI=1S/C11H11Cl2NO4/c12-6-1-2-7(8(13)5-6)10(16)14-4-3-9(15)11(17)18/h1-2,5,9,15H,3-4H2,(H,14,16)(H,17,18)/t9-/m0/s1. The van der Waals surface area contributed by atoms with Crippen LogP contribution in [0.25, 0.3) is 0 Å². The number of carboxylic acid groups (broad SMARTS) is 1. The molecule has 98 valence electrons. The Labute approximate surface area is 113 Å². The van der Waals surface area contributed by atoms with Crippen molar-refractivity contribution in [2.24, 2.45) is 0 Å². The molecular weight excluding hydrogens is 281 g/mol. The Bertz CT molecular complexity index is 464. The van der Waals surface area contributed by atoms with Crippen LogP contribution in [0.5, 0.6) is 0 Å². The van der Waals surface area contributed by atoms with Crippen LogP contribution < -0.4 is 5.32 Å². The average molecular weight is 292 g/mol. The number of nitrogens with one attached hydrogen (secondary N) is 1. The first kappa shape index (κ1) is 14.8. The topological polar surface area (TPSA) is 86.6 Å². The third kappa shape index (κ3) is 4.18. The van der Waals surface area contributed by atoms with Crippen molar-refractivity contribution in [3.05, 3.63) is 33.8 Å². The normalized spacial score (nSPS) is 11.9. The molecule has 7 heteroatoms. The van der Waals surface area contributed by atoms with Gasteiger partial charge in [0, 0.05) is 18.0 Å². The molecule has 0 spiro atoms. The minimum Gasteiger partial charge on any atom is -0.479 e. The Morgan fingerprint density at radius 2 is 2.00 bits per heavy atom. The zero-order valence-electron chi connectivity index (χ0n) is 9.19. The number of carboxylic acids is 1. The van der Waals surface area contributed by atoms with E-state index in [-0.39, 0.29) is 23.6 Å². The highest BCUT2D eigenvalue weighted by Crippen LogP contribution is 2.20. The van der Waals surface area contributed by atoms with Gasteiger partial charge in [-0.15, -0.1) is 0 Å². The summed E-state index contributed by atoms with van der Waals surface area (Å²) >= 11 is 11.5. The summed E-state index contributed by atoms with van der Waals surface area (Å²) in [6, 6.07) is 4.42. The highest BCUT2D eigenvalue weighted by Gasteiger charge is 2.14. The van der Waals surface area contributed by atoms with Gasteiger partial charge in [-0.1, -0.05) is 23.2 Å². The molecule has 0 aliphatic rings. The maximum Gasteiger partial charge on any atom is 0.332 e. The fourth-order valence-corrected chi connectivity index (χ4v) is 1.71. The molecule has 1 aromatic rings. The molecule has 3 N–H and O–H groups in total. The van der Waals surface area contributed by atoms with E-state index in [1.807, 2.05) is 0 Å². The largest absolute Gasteiger partial charge is 0.479 e. The Balaban J connectivity index is 2.53. The number of benzene rings is 1. The summed E-state index contributed by atoms with van der Waals surface area (Å²) in [5, 5.41) is 20.5. The van der Waals surface area contributed by atoms with Crippen LogP contribution >= 0.6 is 23.2 Å². The molecule has 0 aromatic heterocycles. The number of aliphatic hydroxyl groups is 1. The fraction of sp³-hybridized carbons (Fsp3) is 0.273. The number of carbonyl (C=O) groups is 2. The molecule has 0 fully saturated rings. The summed E-state index contributed by atoms with van der Waals surface area (Å²) in [4.78, 5) is 22.0. The molecule has 0 aliphatic heterocycles. The van der Waals surface area contributed by atoms with Crippen molar-refractivity contribution >= 4 is 35.1 Å². The molecule has 18 heavy (non-hydrogen) atoms. The highest BCUT2D eigenvalue weighted by molar-refractivity contribution is 6.36. The predicted molar refractivity (Wildman–Crippen MR) is 67.1 cm³/mol. The number of aliphatic hydroxyl groups excluding tert-OH is 1. The first-order chi connectivity index (χ1) is 8.41. The average Bonchev–Trinajstić information content (AvgIpc) is 2.28. The Morgan fingerprint density at radius 3 is 2.56 bits per heavy atom. The van der Waals surface area contributed by atoms with Crippen molar-refractivity contribution in [2.75, 3.05) is 6.54 Å². The third-order valence-corrected chi connectivity index (χ3v) is 2.71. The van der Waals surface area contributed by atoms with Crippen LogP contribution in [0.15, 0.2) is 18.2 Å². The van der Waals surface area contributed by atoms with Gasteiger partial charge in [0.05, 0.1) is 10.6 Å². The van der Waals surface area contributed by atoms with E-state index < -0.39 is 18.0 Å². The van der Waals surface area contributed by atoms with Crippen LogP contribution in [0, 0.1) is 0 Å². The van der Waals surface area contributed by atoms with Crippen molar-refractivity contribution in [1.82, 2.24) is 5.32 Å². The van der Waals surface area contributed by atoms with E-state index in [4.69, 9.17) is 33.4 Å². The lowest BCUT2D eigenvalue weighted by atomic mass is 10.2. The molecule has 1 atom stereocenters. The summed E-state index contributed by atoms with van der Waals surface area (Å²) in [7, 11) is 0. The molecule has 0 unspecified atom stereocenters. The maximum absolute atomic E-state index is 11.7. The predicted octanol–water partition coefficient (Wildman–Crippen LogP) is 1.56. The molecular formula is C11H11Cl2NO4. The molecule has 0 bridgehead atoms. The van der Waals surface area contributed by atoms with Crippen LogP contribution in [0.2, 0.25) is 10.0 Å². The molecule has 0 heterocycles. The highest BCUT2D eigenvalue weighted by atomic mass is 35.5. The van der Waals surface area contributed by atoms with Gasteiger partial charge in [-0.05, 0) is 18.2 Å². The molecule has 1 aromatic carbocycles. The van der Waals surface area contributed by atoms with Crippen molar-refractivity contribution in [3.63, 3.8) is 0 Å². The van der Waals surface area contributed by atoms with E-state index >= 15 is 0 Å². The van der Waals surface area contributed by atoms with Crippen molar-refractivity contribution in [2.45, 2.75) is 12.5 Å². The van der Waals surface area contributed by atoms with Gasteiger partial charge in [-0.2, -0.15) is 0 Å². The van der Waals surface area contributed by atoms with Gasteiger partial charge in [-0.25, -0.2) is 4.79 Å². The number of amides is 1. The number of halogens is 2. The van der Waals surface area contributed by atoms with E-state index in [0.717, 1.165) is 0 Å². The summed E-state index contributed by atoms with van der Waals surface area (Å²) in [6.07, 6.45) is -1.57. The second kappa shape index (κ2) is 6.58. The van der Waals surface area contributed by atoms with Crippen molar-refractivity contribution < 1.29 is 19.8 Å². The lowest BCUT2D eigenvalue weighted by Gasteiger charge is -2.08. The van der Waals surface area contributed by atoms with E-state index in [1.165, 1.54) is 18.2 Å². The summed E-state index contributed by atoms with van der Waals surface area (Å²) in [5.74, 6) is -1.77.